The van der Waals surface area contributed by atoms with Gasteiger partial charge in [-0.3, -0.25) is 9.36 Å². The van der Waals surface area contributed by atoms with Crippen LogP contribution in [0.4, 0.5) is 8.78 Å². The lowest BCUT2D eigenvalue weighted by atomic mass is 10.2. The monoisotopic (exact) mass is 482 g/mol. The van der Waals surface area contributed by atoms with Crippen LogP contribution in [0.3, 0.4) is 0 Å². The third-order valence-electron chi connectivity index (χ3n) is 4.80. The number of nitrogens with zero attached hydrogens (tertiary/aromatic N) is 4. The molecule has 0 saturated carbocycles. The Morgan fingerprint density at radius 2 is 1.79 bits per heavy atom. The van der Waals surface area contributed by atoms with Crippen molar-refractivity contribution in [3.05, 3.63) is 99.6 Å². The average molecular weight is 483 g/mol. The number of thioether (sulfide) groups is 1. The minimum absolute atomic E-state index is 0.107. The molecule has 0 atom stereocenters. The van der Waals surface area contributed by atoms with Gasteiger partial charge in [-0.1, -0.05) is 52.8 Å². The van der Waals surface area contributed by atoms with Crippen molar-refractivity contribution in [2.75, 3.05) is 0 Å². The van der Waals surface area contributed by atoms with Crippen molar-refractivity contribution < 1.29 is 13.3 Å². The van der Waals surface area contributed by atoms with Crippen molar-refractivity contribution >= 4 is 34.3 Å². The summed E-state index contributed by atoms with van der Waals surface area (Å²) in [5.74, 6) is -0.876. The molecule has 0 saturated heterocycles. The molecule has 2 heterocycles. The molecule has 0 fully saturated rings. The van der Waals surface area contributed by atoms with Crippen LogP contribution >= 0.6 is 23.4 Å². The summed E-state index contributed by atoms with van der Waals surface area (Å²) in [6, 6.07) is 16.8. The first-order valence-corrected chi connectivity index (χ1v) is 11.0. The first-order valence-electron chi connectivity index (χ1n) is 9.69. The highest BCUT2D eigenvalue weighted by atomic mass is 35.5. The molecule has 0 amide bonds. The maximum Gasteiger partial charge on any atom is 0.266 e. The molecule has 0 N–H and O–H groups in total. The fourth-order valence-corrected chi connectivity index (χ4v) is 4.34. The molecule has 0 aliphatic carbocycles. The second-order valence-electron chi connectivity index (χ2n) is 6.93. The molecule has 0 spiro atoms. The lowest BCUT2D eigenvalue weighted by Gasteiger charge is -2.13. The minimum atomic E-state index is -0.880. The second-order valence-corrected chi connectivity index (χ2v) is 8.28. The first kappa shape index (κ1) is 21.3. The van der Waals surface area contributed by atoms with Gasteiger partial charge < -0.3 is 4.52 Å². The Bertz CT molecular complexity index is 1550. The zero-order valence-electron chi connectivity index (χ0n) is 16.7. The highest BCUT2D eigenvalue weighted by Crippen LogP contribution is 2.28. The Morgan fingerprint density at radius 1 is 1.00 bits per heavy atom. The van der Waals surface area contributed by atoms with Crippen LogP contribution in [0.5, 0.6) is 0 Å². The molecule has 164 valence electrons. The van der Waals surface area contributed by atoms with Gasteiger partial charge in [-0.25, -0.2) is 13.8 Å². The predicted molar refractivity (Wildman–Crippen MR) is 122 cm³/mol. The van der Waals surface area contributed by atoms with E-state index in [0.717, 1.165) is 28.5 Å². The number of benzene rings is 3. The molecule has 0 aliphatic heterocycles. The average Bonchev–Trinajstić information content (AvgIpc) is 3.28. The molecule has 2 aromatic heterocycles. The van der Waals surface area contributed by atoms with E-state index in [1.54, 1.807) is 48.5 Å². The van der Waals surface area contributed by atoms with Gasteiger partial charge in [0.15, 0.2) is 5.16 Å². The van der Waals surface area contributed by atoms with Gasteiger partial charge in [0.2, 0.25) is 11.7 Å². The molecular weight excluding hydrogens is 470 g/mol. The Morgan fingerprint density at radius 3 is 2.61 bits per heavy atom. The molecule has 5 rings (SSSR count). The third kappa shape index (κ3) is 4.12. The van der Waals surface area contributed by atoms with Gasteiger partial charge >= 0.3 is 0 Å². The van der Waals surface area contributed by atoms with Gasteiger partial charge in [-0.05, 0) is 36.4 Å². The number of hydrogen-bond acceptors (Lipinski definition) is 6. The van der Waals surface area contributed by atoms with E-state index < -0.39 is 17.2 Å². The Balaban J connectivity index is 1.54. The number of hydrogen-bond donors (Lipinski definition) is 0. The topological polar surface area (TPSA) is 73.8 Å². The number of halogens is 3. The van der Waals surface area contributed by atoms with Gasteiger partial charge in [-0.15, -0.1) is 0 Å². The van der Waals surface area contributed by atoms with Crippen molar-refractivity contribution in [1.82, 2.24) is 19.7 Å². The highest BCUT2D eigenvalue weighted by Gasteiger charge is 2.18. The molecule has 0 aliphatic rings. The summed E-state index contributed by atoms with van der Waals surface area (Å²) in [5, 5.41) is 4.94. The molecule has 33 heavy (non-hydrogen) atoms. The van der Waals surface area contributed by atoms with Gasteiger partial charge in [0, 0.05) is 11.6 Å². The van der Waals surface area contributed by atoms with Crippen molar-refractivity contribution in [3.8, 4) is 17.1 Å². The van der Waals surface area contributed by atoms with Crippen molar-refractivity contribution in [1.29, 1.82) is 0 Å². The third-order valence-corrected chi connectivity index (χ3v) is 6.06. The fourth-order valence-electron chi connectivity index (χ4n) is 3.28. The molecule has 6 nitrogen and oxygen atoms in total. The van der Waals surface area contributed by atoms with E-state index in [0.29, 0.717) is 27.3 Å². The summed E-state index contributed by atoms with van der Waals surface area (Å²) in [5.41, 5.74) is 0.486. The lowest BCUT2D eigenvalue weighted by Crippen LogP contribution is -2.22. The van der Waals surface area contributed by atoms with Crippen LogP contribution in [-0.2, 0) is 5.75 Å². The summed E-state index contributed by atoms with van der Waals surface area (Å²) >= 11 is 7.30. The van der Waals surface area contributed by atoms with E-state index in [1.807, 2.05) is 0 Å². The largest absolute Gasteiger partial charge is 0.338 e. The normalized spacial score (nSPS) is 11.2. The maximum absolute atomic E-state index is 14.6. The highest BCUT2D eigenvalue weighted by molar-refractivity contribution is 7.98. The predicted octanol–water partition coefficient (Wildman–Crippen LogP) is 5.66. The first-order chi connectivity index (χ1) is 16.0. The van der Waals surface area contributed by atoms with Crippen LogP contribution in [0.15, 0.2) is 81.2 Å². The van der Waals surface area contributed by atoms with Gasteiger partial charge in [0.05, 0.1) is 27.4 Å². The van der Waals surface area contributed by atoms with Crippen LogP contribution in [0.2, 0.25) is 5.02 Å². The van der Waals surface area contributed by atoms with Crippen LogP contribution in [0, 0.1) is 11.6 Å². The van der Waals surface area contributed by atoms with Gasteiger partial charge in [-0.2, -0.15) is 4.98 Å². The molecule has 5 aromatic rings. The number of para-hydroxylation sites is 1. The number of rotatable bonds is 5. The van der Waals surface area contributed by atoms with Crippen LogP contribution in [0.25, 0.3) is 28.0 Å². The SMILES string of the molecule is O=c1c2ccccc2nc(SCc2nc(-c3ccccc3Cl)no2)n1-c1ccc(F)cc1F. The number of aromatic nitrogens is 4. The van der Waals surface area contributed by atoms with Crippen LogP contribution in [0.1, 0.15) is 5.89 Å². The van der Waals surface area contributed by atoms with Crippen molar-refractivity contribution in [3.63, 3.8) is 0 Å². The summed E-state index contributed by atoms with van der Waals surface area (Å²) in [6.45, 7) is 0. The Kier molecular flexibility index (Phi) is 5.65. The van der Waals surface area contributed by atoms with Gasteiger partial charge in [0.25, 0.3) is 5.56 Å². The van der Waals surface area contributed by atoms with Crippen LogP contribution < -0.4 is 5.56 Å². The molecule has 10 heteroatoms. The van der Waals surface area contributed by atoms with E-state index in [1.165, 1.54) is 6.07 Å². The molecule has 0 radical (unpaired) electrons. The quantitative estimate of drug-likeness (QED) is 0.238. The minimum Gasteiger partial charge on any atom is -0.338 e. The summed E-state index contributed by atoms with van der Waals surface area (Å²) < 4.78 is 34.5. The Labute approximate surface area is 194 Å². The van der Waals surface area contributed by atoms with Crippen molar-refractivity contribution in [2.24, 2.45) is 0 Å². The van der Waals surface area contributed by atoms with E-state index in [9.17, 15) is 13.6 Å². The second kappa shape index (κ2) is 8.76. The van der Waals surface area contributed by atoms with E-state index in [-0.39, 0.29) is 22.5 Å². The van der Waals surface area contributed by atoms with Crippen molar-refractivity contribution in [2.45, 2.75) is 10.9 Å². The zero-order valence-corrected chi connectivity index (χ0v) is 18.3. The molecular formula is C23H13ClF2N4O2S. The number of fused-ring (bicyclic) bond motifs is 1. The lowest BCUT2D eigenvalue weighted by molar-refractivity contribution is 0.391. The fraction of sp³-hybridized carbons (Fsp3) is 0.0435. The van der Waals surface area contributed by atoms with E-state index >= 15 is 0 Å². The molecule has 0 unspecified atom stereocenters. The van der Waals surface area contributed by atoms with E-state index in [2.05, 4.69) is 15.1 Å². The summed E-state index contributed by atoms with van der Waals surface area (Å²) in [6.07, 6.45) is 0. The summed E-state index contributed by atoms with van der Waals surface area (Å²) in [7, 11) is 0. The molecule has 3 aromatic carbocycles. The maximum atomic E-state index is 14.6. The summed E-state index contributed by atoms with van der Waals surface area (Å²) in [4.78, 5) is 22.1. The Hall–Kier alpha value is -3.56. The molecule has 0 bridgehead atoms. The van der Waals surface area contributed by atoms with E-state index in [4.69, 9.17) is 16.1 Å². The van der Waals surface area contributed by atoms with Gasteiger partial charge in [0.1, 0.15) is 11.6 Å². The zero-order chi connectivity index (χ0) is 22.9. The smallest absolute Gasteiger partial charge is 0.266 e. The standard InChI is InChI=1S/C23H13ClF2N4O2S/c24-16-7-3-1-5-14(16)21-28-20(32-29-21)12-33-23-27-18-8-4-2-6-15(18)22(31)30(23)19-10-9-13(25)11-17(19)26/h1-11H,12H2. The van der Waals surface area contributed by atoms with Crippen LogP contribution in [-0.4, -0.2) is 19.7 Å².